The number of rotatable bonds is 7. The molecule has 31 heavy (non-hydrogen) atoms. The van der Waals surface area contributed by atoms with E-state index in [0.29, 0.717) is 34.6 Å². The van der Waals surface area contributed by atoms with Crippen molar-refractivity contribution in [2.45, 2.75) is 6.92 Å². The Morgan fingerprint density at radius 3 is 2.48 bits per heavy atom. The maximum Gasteiger partial charge on any atom is 0.262 e. The molecule has 3 aromatic carbocycles. The fraction of sp³-hybridized carbons (Fsp3) is 0.120. The number of hydrogen-bond acceptors (Lipinski definition) is 4. The number of anilines is 1. The van der Waals surface area contributed by atoms with Crippen LogP contribution in [0.3, 0.4) is 0 Å². The highest BCUT2D eigenvalue weighted by atomic mass is 19.1. The first-order chi connectivity index (χ1) is 15.1. The lowest BCUT2D eigenvalue weighted by molar-refractivity contribution is -0.118. The Kier molecular flexibility index (Phi) is 6.08. The monoisotopic (exact) mass is 416 g/mol. The van der Waals surface area contributed by atoms with Gasteiger partial charge in [-0.1, -0.05) is 30.3 Å². The first kappa shape index (κ1) is 20.3. The smallest absolute Gasteiger partial charge is 0.262 e. The number of carbonyl (C=O) groups excluding carboxylic acids is 1. The van der Waals surface area contributed by atoms with Gasteiger partial charge in [-0.05, 0) is 49.4 Å². The molecule has 0 spiro atoms. The molecule has 6 heteroatoms. The molecule has 1 heterocycles. The summed E-state index contributed by atoms with van der Waals surface area (Å²) in [5.74, 6) is 0.401. The zero-order chi connectivity index (χ0) is 21.6. The SMILES string of the molecule is CCOc1ccc(NC(=O)COc2cc(-c3ccccc3)nc3ccc(F)cc23)cc1. The minimum atomic E-state index is -0.398. The largest absolute Gasteiger partial charge is 0.494 e. The normalized spacial score (nSPS) is 10.6. The van der Waals surface area contributed by atoms with Gasteiger partial charge in [-0.15, -0.1) is 0 Å². The van der Waals surface area contributed by atoms with Crippen molar-refractivity contribution in [1.29, 1.82) is 0 Å². The third-order valence-electron chi connectivity index (χ3n) is 4.61. The van der Waals surface area contributed by atoms with Crippen LogP contribution in [0.5, 0.6) is 11.5 Å². The Hall–Kier alpha value is -3.93. The third-order valence-corrected chi connectivity index (χ3v) is 4.61. The zero-order valence-corrected chi connectivity index (χ0v) is 17.0. The number of aromatic nitrogens is 1. The maximum absolute atomic E-state index is 13.8. The highest BCUT2D eigenvalue weighted by molar-refractivity contribution is 5.93. The number of fused-ring (bicyclic) bond motifs is 1. The average molecular weight is 416 g/mol. The second-order valence-corrected chi connectivity index (χ2v) is 6.83. The summed E-state index contributed by atoms with van der Waals surface area (Å²) < 4.78 is 25.0. The van der Waals surface area contributed by atoms with E-state index in [-0.39, 0.29) is 12.5 Å². The molecule has 0 bridgehead atoms. The van der Waals surface area contributed by atoms with Crippen LogP contribution in [0.2, 0.25) is 0 Å². The van der Waals surface area contributed by atoms with Crippen molar-refractivity contribution in [3.8, 4) is 22.8 Å². The first-order valence-corrected chi connectivity index (χ1v) is 9.93. The molecule has 0 saturated carbocycles. The van der Waals surface area contributed by atoms with Gasteiger partial charge in [0.15, 0.2) is 6.61 Å². The lowest BCUT2D eigenvalue weighted by Crippen LogP contribution is -2.20. The van der Waals surface area contributed by atoms with Crippen LogP contribution in [-0.2, 0) is 4.79 Å². The summed E-state index contributed by atoms with van der Waals surface area (Å²) in [6, 6.07) is 22.7. The van der Waals surface area contributed by atoms with E-state index in [9.17, 15) is 9.18 Å². The summed E-state index contributed by atoms with van der Waals surface area (Å²) in [6.45, 7) is 2.26. The molecule has 1 aromatic heterocycles. The van der Waals surface area contributed by atoms with Crippen LogP contribution < -0.4 is 14.8 Å². The third kappa shape index (κ3) is 4.98. The number of halogens is 1. The van der Waals surface area contributed by atoms with Gasteiger partial charge in [0.2, 0.25) is 0 Å². The van der Waals surface area contributed by atoms with Crippen molar-refractivity contribution in [2.75, 3.05) is 18.5 Å². The van der Waals surface area contributed by atoms with Crippen molar-refractivity contribution in [1.82, 2.24) is 4.98 Å². The number of pyridine rings is 1. The number of amides is 1. The molecule has 4 rings (SSSR count). The van der Waals surface area contributed by atoms with Gasteiger partial charge in [-0.2, -0.15) is 0 Å². The molecule has 0 fully saturated rings. The van der Waals surface area contributed by atoms with Crippen molar-refractivity contribution in [3.05, 3.63) is 84.7 Å². The Morgan fingerprint density at radius 2 is 1.74 bits per heavy atom. The topological polar surface area (TPSA) is 60.5 Å². The van der Waals surface area contributed by atoms with Crippen LogP contribution in [0.25, 0.3) is 22.2 Å². The second kappa shape index (κ2) is 9.26. The van der Waals surface area contributed by atoms with E-state index >= 15 is 0 Å². The average Bonchev–Trinajstić information content (AvgIpc) is 2.79. The van der Waals surface area contributed by atoms with Crippen LogP contribution in [0, 0.1) is 5.82 Å². The van der Waals surface area contributed by atoms with E-state index in [4.69, 9.17) is 9.47 Å². The predicted molar refractivity (Wildman–Crippen MR) is 119 cm³/mol. The Labute approximate surface area is 179 Å². The molecule has 156 valence electrons. The Morgan fingerprint density at radius 1 is 0.968 bits per heavy atom. The van der Waals surface area contributed by atoms with Gasteiger partial charge in [-0.3, -0.25) is 4.79 Å². The maximum atomic E-state index is 13.8. The van der Waals surface area contributed by atoms with Crippen LogP contribution in [-0.4, -0.2) is 24.1 Å². The fourth-order valence-electron chi connectivity index (χ4n) is 3.18. The number of ether oxygens (including phenoxy) is 2. The molecule has 1 amide bonds. The number of nitrogens with zero attached hydrogens (tertiary/aromatic N) is 1. The van der Waals surface area contributed by atoms with Gasteiger partial charge in [0, 0.05) is 22.7 Å². The lowest BCUT2D eigenvalue weighted by atomic mass is 10.1. The predicted octanol–water partition coefficient (Wildman–Crippen LogP) is 5.46. The highest BCUT2D eigenvalue weighted by Gasteiger charge is 2.12. The summed E-state index contributed by atoms with van der Waals surface area (Å²) in [5, 5.41) is 3.29. The molecule has 0 radical (unpaired) electrons. The molecule has 0 aliphatic heterocycles. The van der Waals surface area contributed by atoms with Crippen molar-refractivity contribution in [3.63, 3.8) is 0 Å². The number of carbonyl (C=O) groups is 1. The van der Waals surface area contributed by atoms with E-state index in [1.54, 1.807) is 36.4 Å². The van der Waals surface area contributed by atoms with E-state index < -0.39 is 5.82 Å². The summed E-state index contributed by atoms with van der Waals surface area (Å²) >= 11 is 0. The van der Waals surface area contributed by atoms with Crippen LogP contribution in [0.4, 0.5) is 10.1 Å². The summed E-state index contributed by atoms with van der Waals surface area (Å²) in [5.41, 5.74) is 2.80. The van der Waals surface area contributed by atoms with Crippen LogP contribution >= 0.6 is 0 Å². The fourth-order valence-corrected chi connectivity index (χ4v) is 3.18. The van der Waals surface area contributed by atoms with Gasteiger partial charge < -0.3 is 14.8 Å². The van der Waals surface area contributed by atoms with Crippen molar-refractivity contribution >= 4 is 22.5 Å². The lowest BCUT2D eigenvalue weighted by Gasteiger charge is -2.12. The van der Waals surface area contributed by atoms with Crippen LogP contribution in [0.15, 0.2) is 78.9 Å². The molecular formula is C25H21FN2O3. The number of benzene rings is 3. The molecule has 0 saturated heterocycles. The Balaban J connectivity index is 1.54. The second-order valence-electron chi connectivity index (χ2n) is 6.83. The Bertz CT molecular complexity index is 1190. The summed E-state index contributed by atoms with van der Waals surface area (Å²) in [6.07, 6.45) is 0. The quantitative estimate of drug-likeness (QED) is 0.435. The standard InChI is InChI=1S/C25H21FN2O3/c1-2-30-20-11-9-19(10-12-20)27-25(29)16-31-24-15-23(17-6-4-3-5-7-17)28-22-13-8-18(26)14-21(22)24/h3-15H,2,16H2,1H3,(H,27,29). The van der Waals surface area contributed by atoms with Crippen molar-refractivity contribution in [2.24, 2.45) is 0 Å². The first-order valence-electron chi connectivity index (χ1n) is 9.93. The van der Waals surface area contributed by atoms with E-state index in [1.807, 2.05) is 37.3 Å². The molecule has 4 aromatic rings. The molecule has 0 atom stereocenters. The molecular weight excluding hydrogens is 395 g/mol. The molecule has 0 unspecified atom stereocenters. The minimum Gasteiger partial charge on any atom is -0.494 e. The molecule has 0 aliphatic carbocycles. The van der Waals surface area contributed by atoms with Gasteiger partial charge in [0.25, 0.3) is 5.91 Å². The van der Waals surface area contributed by atoms with Crippen molar-refractivity contribution < 1.29 is 18.7 Å². The van der Waals surface area contributed by atoms with Gasteiger partial charge in [0.1, 0.15) is 17.3 Å². The summed E-state index contributed by atoms with van der Waals surface area (Å²) in [4.78, 5) is 17.0. The van der Waals surface area contributed by atoms with E-state index in [1.165, 1.54) is 12.1 Å². The van der Waals surface area contributed by atoms with Gasteiger partial charge >= 0.3 is 0 Å². The van der Waals surface area contributed by atoms with Gasteiger partial charge in [-0.25, -0.2) is 9.37 Å². The van der Waals surface area contributed by atoms with E-state index in [2.05, 4.69) is 10.3 Å². The molecule has 0 aliphatic rings. The zero-order valence-electron chi connectivity index (χ0n) is 17.0. The molecule has 1 N–H and O–H groups in total. The minimum absolute atomic E-state index is 0.225. The molecule has 5 nitrogen and oxygen atoms in total. The summed E-state index contributed by atoms with van der Waals surface area (Å²) in [7, 11) is 0. The number of hydrogen-bond donors (Lipinski definition) is 1. The van der Waals surface area contributed by atoms with E-state index in [0.717, 1.165) is 11.3 Å². The van der Waals surface area contributed by atoms with Gasteiger partial charge in [0.05, 0.1) is 17.8 Å². The number of nitrogens with one attached hydrogen (secondary N) is 1. The highest BCUT2D eigenvalue weighted by Crippen LogP contribution is 2.30. The van der Waals surface area contributed by atoms with Crippen LogP contribution in [0.1, 0.15) is 6.92 Å².